The van der Waals surface area contributed by atoms with Crippen molar-refractivity contribution in [2.45, 2.75) is 0 Å². The Kier molecular flexibility index (Phi) is 3.24. The second-order valence-electron chi connectivity index (χ2n) is 5.10. The number of fused-ring (bicyclic) bond motifs is 1. The number of para-hydroxylation sites is 2. The molecular formula is C18H14N4O. The maximum absolute atomic E-state index is 5.45. The van der Waals surface area contributed by atoms with E-state index in [9.17, 15) is 0 Å². The molecular weight excluding hydrogens is 288 g/mol. The lowest BCUT2D eigenvalue weighted by molar-refractivity contribution is 0.416. The Morgan fingerprint density at radius 1 is 0.826 bits per heavy atom. The molecule has 5 heteroatoms. The second kappa shape index (κ2) is 5.53. The third kappa shape index (κ3) is 2.23. The minimum atomic E-state index is 0.763. The number of hydrogen-bond acceptors (Lipinski definition) is 4. The standard InChI is InChI=1S/C18H14N4O/c1-23-16-9-5-3-7-14(16)18-17(20-22-21-18)13-10-11-19-15-8-4-2-6-12(13)15/h2-11H,1H3,(H,20,21,22). The summed E-state index contributed by atoms with van der Waals surface area (Å²) < 4.78 is 5.45. The molecule has 2 aromatic heterocycles. The van der Waals surface area contributed by atoms with Gasteiger partial charge in [0.25, 0.3) is 0 Å². The predicted molar refractivity (Wildman–Crippen MR) is 89.1 cm³/mol. The van der Waals surface area contributed by atoms with Crippen molar-refractivity contribution in [3.05, 3.63) is 60.8 Å². The molecule has 112 valence electrons. The topological polar surface area (TPSA) is 63.7 Å². The predicted octanol–water partition coefficient (Wildman–Crippen LogP) is 3.70. The number of hydrogen-bond donors (Lipinski definition) is 1. The van der Waals surface area contributed by atoms with E-state index < -0.39 is 0 Å². The van der Waals surface area contributed by atoms with Crippen molar-refractivity contribution in [3.8, 4) is 28.3 Å². The Morgan fingerprint density at radius 3 is 2.43 bits per heavy atom. The van der Waals surface area contributed by atoms with Gasteiger partial charge in [-0.15, -0.1) is 0 Å². The summed E-state index contributed by atoms with van der Waals surface area (Å²) in [6.45, 7) is 0. The van der Waals surface area contributed by atoms with E-state index in [1.807, 2.05) is 54.6 Å². The van der Waals surface area contributed by atoms with Crippen LogP contribution in [0.5, 0.6) is 5.75 Å². The first-order chi connectivity index (χ1) is 11.4. The van der Waals surface area contributed by atoms with Gasteiger partial charge in [0.05, 0.1) is 12.6 Å². The van der Waals surface area contributed by atoms with Crippen LogP contribution in [0.3, 0.4) is 0 Å². The number of aromatic amines is 1. The van der Waals surface area contributed by atoms with E-state index in [0.717, 1.165) is 39.2 Å². The van der Waals surface area contributed by atoms with E-state index >= 15 is 0 Å². The van der Waals surface area contributed by atoms with Crippen molar-refractivity contribution in [1.82, 2.24) is 20.4 Å². The van der Waals surface area contributed by atoms with E-state index in [1.165, 1.54) is 0 Å². The van der Waals surface area contributed by atoms with Gasteiger partial charge in [-0.25, -0.2) is 0 Å². The van der Waals surface area contributed by atoms with E-state index in [-0.39, 0.29) is 0 Å². The third-order valence-electron chi connectivity index (χ3n) is 3.81. The summed E-state index contributed by atoms with van der Waals surface area (Å²) in [5.41, 5.74) is 4.37. The lowest BCUT2D eigenvalue weighted by Crippen LogP contribution is -1.91. The van der Waals surface area contributed by atoms with E-state index in [1.54, 1.807) is 13.3 Å². The number of H-pyrrole nitrogens is 1. The largest absolute Gasteiger partial charge is 0.496 e. The number of rotatable bonds is 3. The summed E-state index contributed by atoms with van der Waals surface area (Å²) in [7, 11) is 1.65. The molecule has 0 amide bonds. The highest BCUT2D eigenvalue weighted by molar-refractivity contribution is 5.96. The maximum atomic E-state index is 5.45. The normalized spacial score (nSPS) is 10.8. The number of nitrogens with one attached hydrogen (secondary N) is 1. The number of benzene rings is 2. The van der Waals surface area contributed by atoms with Crippen LogP contribution >= 0.6 is 0 Å². The Hall–Kier alpha value is -3.21. The maximum Gasteiger partial charge on any atom is 0.128 e. The SMILES string of the molecule is COc1ccccc1-c1n[nH]nc1-c1ccnc2ccccc12. The van der Waals surface area contributed by atoms with Gasteiger partial charge in [0.15, 0.2) is 0 Å². The van der Waals surface area contributed by atoms with Gasteiger partial charge < -0.3 is 4.74 Å². The average Bonchev–Trinajstić information content (AvgIpc) is 3.10. The summed E-state index contributed by atoms with van der Waals surface area (Å²) in [6.07, 6.45) is 1.79. The molecule has 0 radical (unpaired) electrons. The summed E-state index contributed by atoms with van der Waals surface area (Å²) in [5.74, 6) is 0.765. The molecule has 0 saturated heterocycles. The van der Waals surface area contributed by atoms with Gasteiger partial charge in [-0.1, -0.05) is 30.3 Å². The zero-order valence-electron chi connectivity index (χ0n) is 12.5. The highest BCUT2D eigenvalue weighted by atomic mass is 16.5. The quantitative estimate of drug-likeness (QED) is 0.627. The van der Waals surface area contributed by atoms with Gasteiger partial charge in [-0.05, 0) is 24.3 Å². The van der Waals surface area contributed by atoms with Gasteiger partial charge >= 0.3 is 0 Å². The van der Waals surface area contributed by atoms with Gasteiger partial charge in [0, 0.05) is 22.7 Å². The molecule has 0 fully saturated rings. The fourth-order valence-electron chi connectivity index (χ4n) is 2.75. The van der Waals surface area contributed by atoms with Crippen LogP contribution in [0.2, 0.25) is 0 Å². The molecule has 0 aliphatic rings. The van der Waals surface area contributed by atoms with Crippen molar-refractivity contribution >= 4 is 10.9 Å². The highest BCUT2D eigenvalue weighted by Crippen LogP contribution is 2.36. The monoisotopic (exact) mass is 302 g/mol. The molecule has 0 unspecified atom stereocenters. The Morgan fingerprint density at radius 2 is 1.57 bits per heavy atom. The first-order valence-corrected chi connectivity index (χ1v) is 7.27. The fraction of sp³-hybridized carbons (Fsp3) is 0.0556. The Balaban J connectivity index is 1.97. The molecule has 4 rings (SSSR count). The molecule has 5 nitrogen and oxygen atoms in total. The van der Waals surface area contributed by atoms with Crippen LogP contribution in [0.15, 0.2) is 60.8 Å². The minimum Gasteiger partial charge on any atom is -0.496 e. The van der Waals surface area contributed by atoms with Gasteiger partial charge in [0.1, 0.15) is 17.1 Å². The molecule has 1 N–H and O–H groups in total. The number of ether oxygens (including phenoxy) is 1. The van der Waals surface area contributed by atoms with E-state index in [0.29, 0.717) is 0 Å². The van der Waals surface area contributed by atoms with Crippen LogP contribution in [-0.2, 0) is 0 Å². The molecule has 0 aliphatic heterocycles. The summed E-state index contributed by atoms with van der Waals surface area (Å²) in [5, 5.41) is 12.5. The molecule has 23 heavy (non-hydrogen) atoms. The Labute approximate surface area is 133 Å². The van der Waals surface area contributed by atoms with Gasteiger partial charge in [-0.3, -0.25) is 4.98 Å². The van der Waals surface area contributed by atoms with Crippen LogP contribution in [-0.4, -0.2) is 27.5 Å². The minimum absolute atomic E-state index is 0.763. The van der Waals surface area contributed by atoms with Crippen LogP contribution in [0.25, 0.3) is 33.4 Å². The zero-order valence-corrected chi connectivity index (χ0v) is 12.5. The summed E-state index contributed by atoms with van der Waals surface area (Å²) in [6, 6.07) is 17.7. The molecule has 2 heterocycles. The highest BCUT2D eigenvalue weighted by Gasteiger charge is 2.17. The number of pyridine rings is 1. The van der Waals surface area contributed by atoms with Crippen LogP contribution in [0.4, 0.5) is 0 Å². The number of methoxy groups -OCH3 is 1. The van der Waals surface area contributed by atoms with Crippen molar-refractivity contribution in [2.75, 3.05) is 7.11 Å². The van der Waals surface area contributed by atoms with Gasteiger partial charge in [-0.2, -0.15) is 15.4 Å². The van der Waals surface area contributed by atoms with Crippen molar-refractivity contribution < 1.29 is 4.74 Å². The van der Waals surface area contributed by atoms with Crippen LogP contribution < -0.4 is 4.74 Å². The molecule has 0 aliphatic carbocycles. The van der Waals surface area contributed by atoms with Crippen molar-refractivity contribution in [2.24, 2.45) is 0 Å². The molecule has 0 atom stereocenters. The van der Waals surface area contributed by atoms with E-state index in [2.05, 4.69) is 20.4 Å². The zero-order chi connectivity index (χ0) is 15.6. The lowest BCUT2D eigenvalue weighted by Gasteiger charge is -2.08. The molecule has 4 aromatic rings. The molecule has 0 spiro atoms. The molecule has 0 saturated carbocycles. The van der Waals surface area contributed by atoms with Gasteiger partial charge in [0.2, 0.25) is 0 Å². The number of nitrogens with zero attached hydrogens (tertiary/aromatic N) is 3. The average molecular weight is 302 g/mol. The first kappa shape index (κ1) is 13.5. The lowest BCUT2D eigenvalue weighted by atomic mass is 10.0. The van der Waals surface area contributed by atoms with E-state index in [4.69, 9.17) is 4.74 Å². The number of aromatic nitrogens is 4. The fourth-order valence-corrected chi connectivity index (χ4v) is 2.75. The first-order valence-electron chi connectivity index (χ1n) is 7.27. The summed E-state index contributed by atoms with van der Waals surface area (Å²) in [4.78, 5) is 4.40. The van der Waals surface area contributed by atoms with Crippen molar-refractivity contribution in [1.29, 1.82) is 0 Å². The van der Waals surface area contributed by atoms with Crippen LogP contribution in [0, 0.1) is 0 Å². The Bertz CT molecular complexity index is 972. The second-order valence-corrected chi connectivity index (χ2v) is 5.10. The van der Waals surface area contributed by atoms with Crippen LogP contribution in [0.1, 0.15) is 0 Å². The molecule has 0 bridgehead atoms. The summed E-state index contributed by atoms with van der Waals surface area (Å²) >= 11 is 0. The smallest absolute Gasteiger partial charge is 0.128 e. The molecule has 2 aromatic carbocycles. The van der Waals surface area contributed by atoms with Crippen molar-refractivity contribution in [3.63, 3.8) is 0 Å². The third-order valence-corrected chi connectivity index (χ3v) is 3.81.